The molecule has 0 radical (unpaired) electrons. The van der Waals surface area contributed by atoms with Gasteiger partial charge in [-0.25, -0.2) is 0 Å². The Morgan fingerprint density at radius 3 is 3.18 bits per heavy atom. The molecule has 0 amide bonds. The average Bonchev–Trinajstić information content (AvgIpc) is 2.35. The molecule has 1 aromatic heterocycles. The van der Waals surface area contributed by atoms with Crippen molar-refractivity contribution in [1.29, 1.82) is 0 Å². The van der Waals surface area contributed by atoms with Crippen LogP contribution in [0.3, 0.4) is 0 Å². The molecule has 0 fully saturated rings. The lowest BCUT2D eigenvalue weighted by Gasteiger charge is -2.01. The predicted molar refractivity (Wildman–Crippen MR) is 49.2 cm³/mol. The summed E-state index contributed by atoms with van der Waals surface area (Å²) in [6.45, 7) is 0. The van der Waals surface area contributed by atoms with Gasteiger partial charge in [-0.2, -0.15) is 0 Å². The molecule has 0 bridgehead atoms. The molecular weight excluding hydrogens is 225 g/mol. The summed E-state index contributed by atoms with van der Waals surface area (Å²) in [5.74, 6) is 0. The largest absolute Gasteiger partial charge is 0.260 e. The molecule has 0 aliphatic heterocycles. The molecule has 0 saturated carbocycles. The van der Waals surface area contributed by atoms with Gasteiger partial charge < -0.3 is 0 Å². The van der Waals surface area contributed by atoms with E-state index in [0.717, 1.165) is 23.6 Å². The molecular formula is C8H7BrClN. The first-order valence-electron chi connectivity index (χ1n) is 3.56. The summed E-state index contributed by atoms with van der Waals surface area (Å²) < 4.78 is 0. The van der Waals surface area contributed by atoms with Crippen molar-refractivity contribution in [2.75, 3.05) is 0 Å². The normalized spacial score (nSPS) is 21.8. The minimum absolute atomic E-state index is 0.413. The zero-order valence-corrected chi connectivity index (χ0v) is 8.19. The minimum atomic E-state index is 0.413. The van der Waals surface area contributed by atoms with E-state index in [0.29, 0.717) is 4.83 Å². The van der Waals surface area contributed by atoms with Gasteiger partial charge in [0.2, 0.25) is 0 Å². The Balaban J connectivity index is 2.57. The summed E-state index contributed by atoms with van der Waals surface area (Å²) >= 11 is 9.52. The van der Waals surface area contributed by atoms with Crippen LogP contribution < -0.4 is 0 Å². The van der Waals surface area contributed by atoms with E-state index in [1.807, 2.05) is 6.07 Å². The van der Waals surface area contributed by atoms with E-state index in [4.69, 9.17) is 11.6 Å². The van der Waals surface area contributed by atoms with Crippen LogP contribution in [0.5, 0.6) is 0 Å². The first-order valence-corrected chi connectivity index (χ1v) is 4.86. The fourth-order valence-corrected chi connectivity index (χ4v) is 2.28. The van der Waals surface area contributed by atoms with Crippen LogP contribution >= 0.6 is 27.5 Å². The highest BCUT2D eigenvalue weighted by atomic mass is 79.9. The van der Waals surface area contributed by atoms with Gasteiger partial charge >= 0.3 is 0 Å². The van der Waals surface area contributed by atoms with Crippen molar-refractivity contribution in [2.24, 2.45) is 0 Å². The van der Waals surface area contributed by atoms with Crippen LogP contribution in [0, 0.1) is 0 Å². The van der Waals surface area contributed by atoms with Crippen LogP contribution in [0.4, 0.5) is 0 Å². The van der Waals surface area contributed by atoms with E-state index in [9.17, 15) is 0 Å². The topological polar surface area (TPSA) is 12.9 Å². The fourth-order valence-electron chi connectivity index (χ4n) is 1.41. The summed E-state index contributed by atoms with van der Waals surface area (Å²) in [5.41, 5.74) is 2.34. The molecule has 1 aromatic rings. The van der Waals surface area contributed by atoms with Crippen molar-refractivity contribution >= 4 is 27.5 Å². The zero-order chi connectivity index (χ0) is 7.84. The van der Waals surface area contributed by atoms with E-state index in [1.54, 1.807) is 6.20 Å². The first-order chi connectivity index (χ1) is 5.29. The molecule has 0 saturated heterocycles. The highest BCUT2D eigenvalue weighted by molar-refractivity contribution is 9.09. The number of halogens is 2. The molecule has 3 heteroatoms. The van der Waals surface area contributed by atoms with Gasteiger partial charge in [0.1, 0.15) is 0 Å². The van der Waals surface area contributed by atoms with Crippen molar-refractivity contribution < 1.29 is 0 Å². The number of hydrogen-bond acceptors (Lipinski definition) is 1. The van der Waals surface area contributed by atoms with Crippen molar-refractivity contribution in [1.82, 2.24) is 4.98 Å². The smallest absolute Gasteiger partial charge is 0.0586 e. The van der Waals surface area contributed by atoms with Gasteiger partial charge in [0.05, 0.1) is 10.5 Å². The second kappa shape index (κ2) is 2.76. The number of pyridine rings is 1. The van der Waals surface area contributed by atoms with Gasteiger partial charge in [-0.3, -0.25) is 4.98 Å². The molecule has 0 spiro atoms. The van der Waals surface area contributed by atoms with E-state index < -0.39 is 0 Å². The quantitative estimate of drug-likeness (QED) is 0.626. The number of rotatable bonds is 0. The Morgan fingerprint density at radius 2 is 2.45 bits per heavy atom. The number of hydrogen-bond donors (Lipinski definition) is 0. The summed E-state index contributed by atoms with van der Waals surface area (Å²) in [5, 5.41) is 0.858. The third kappa shape index (κ3) is 1.18. The summed E-state index contributed by atoms with van der Waals surface area (Å²) in [6, 6.07) is 1.85. The SMILES string of the molecule is Clc1ccnc2c1CCC2Br. The average molecular weight is 233 g/mol. The maximum Gasteiger partial charge on any atom is 0.0586 e. The van der Waals surface area contributed by atoms with Crippen LogP contribution in [-0.4, -0.2) is 4.98 Å². The lowest BCUT2D eigenvalue weighted by Crippen LogP contribution is -1.88. The number of fused-ring (bicyclic) bond motifs is 1. The second-order valence-corrected chi connectivity index (χ2v) is 4.18. The van der Waals surface area contributed by atoms with E-state index in [2.05, 4.69) is 20.9 Å². The summed E-state index contributed by atoms with van der Waals surface area (Å²) in [4.78, 5) is 4.68. The molecule has 0 aromatic carbocycles. The van der Waals surface area contributed by atoms with Crippen molar-refractivity contribution in [3.63, 3.8) is 0 Å². The monoisotopic (exact) mass is 231 g/mol. The van der Waals surface area contributed by atoms with Crippen LogP contribution in [0.1, 0.15) is 22.5 Å². The molecule has 1 aliphatic rings. The van der Waals surface area contributed by atoms with Crippen molar-refractivity contribution in [2.45, 2.75) is 17.7 Å². The van der Waals surface area contributed by atoms with E-state index in [-0.39, 0.29) is 0 Å². The van der Waals surface area contributed by atoms with Crippen molar-refractivity contribution in [3.05, 3.63) is 28.5 Å². The highest BCUT2D eigenvalue weighted by Crippen LogP contribution is 2.38. The Labute approximate surface area is 78.9 Å². The lowest BCUT2D eigenvalue weighted by atomic mass is 10.2. The molecule has 1 atom stereocenters. The Morgan fingerprint density at radius 1 is 1.64 bits per heavy atom. The maximum absolute atomic E-state index is 5.97. The number of aromatic nitrogens is 1. The van der Waals surface area contributed by atoms with Gasteiger partial charge in [0.15, 0.2) is 0 Å². The van der Waals surface area contributed by atoms with E-state index in [1.165, 1.54) is 5.56 Å². The number of nitrogens with zero attached hydrogens (tertiary/aromatic N) is 1. The molecule has 1 unspecified atom stereocenters. The fraction of sp³-hybridized carbons (Fsp3) is 0.375. The van der Waals surface area contributed by atoms with Crippen LogP contribution in [0.2, 0.25) is 5.02 Å². The van der Waals surface area contributed by atoms with Gasteiger partial charge in [-0.05, 0) is 24.5 Å². The van der Waals surface area contributed by atoms with Crippen LogP contribution in [0.25, 0.3) is 0 Å². The molecule has 1 aliphatic carbocycles. The Bertz CT molecular complexity index is 287. The standard InChI is InChI=1S/C8H7BrClN/c9-6-2-1-5-7(10)3-4-11-8(5)6/h3-4,6H,1-2H2. The molecule has 58 valence electrons. The lowest BCUT2D eigenvalue weighted by molar-refractivity contribution is 0.891. The van der Waals surface area contributed by atoms with Gasteiger partial charge in [-0.1, -0.05) is 27.5 Å². The van der Waals surface area contributed by atoms with Gasteiger partial charge in [0.25, 0.3) is 0 Å². The van der Waals surface area contributed by atoms with Gasteiger partial charge in [-0.15, -0.1) is 0 Å². The maximum atomic E-state index is 5.97. The highest BCUT2D eigenvalue weighted by Gasteiger charge is 2.22. The summed E-state index contributed by atoms with van der Waals surface area (Å²) in [7, 11) is 0. The van der Waals surface area contributed by atoms with Crippen LogP contribution in [0.15, 0.2) is 12.3 Å². The molecule has 1 nitrogen and oxygen atoms in total. The molecule has 1 heterocycles. The second-order valence-electron chi connectivity index (χ2n) is 2.66. The molecule has 2 rings (SSSR count). The molecule has 11 heavy (non-hydrogen) atoms. The zero-order valence-electron chi connectivity index (χ0n) is 5.85. The third-order valence-electron chi connectivity index (χ3n) is 1.98. The predicted octanol–water partition coefficient (Wildman–Crippen LogP) is 3.12. The Hall–Kier alpha value is -0.0800. The van der Waals surface area contributed by atoms with Crippen molar-refractivity contribution in [3.8, 4) is 0 Å². The minimum Gasteiger partial charge on any atom is -0.260 e. The van der Waals surface area contributed by atoms with Crippen LogP contribution in [-0.2, 0) is 6.42 Å². The first kappa shape index (κ1) is 7.56. The Kier molecular flexibility index (Phi) is 1.90. The number of alkyl halides is 1. The van der Waals surface area contributed by atoms with E-state index >= 15 is 0 Å². The third-order valence-corrected chi connectivity index (χ3v) is 3.22. The summed E-state index contributed by atoms with van der Waals surface area (Å²) in [6.07, 6.45) is 3.94. The van der Waals surface area contributed by atoms with Gasteiger partial charge in [0, 0.05) is 11.2 Å². The molecule has 0 N–H and O–H groups in total.